The molecule has 1 amide bonds. The van der Waals surface area contributed by atoms with E-state index in [1.165, 1.54) is 13.2 Å². The molecule has 1 aromatic heterocycles. The van der Waals surface area contributed by atoms with Crippen LogP contribution in [0.5, 0.6) is 0 Å². The fraction of sp³-hybridized carbons (Fsp3) is 0.636. The summed E-state index contributed by atoms with van der Waals surface area (Å²) < 4.78 is 42.3. The SMILES string of the molecule is CN(C(=O)OC(C)(C)C)c1cnn(CC(F)(F)F)c1. The van der Waals surface area contributed by atoms with Gasteiger partial charge in [0.05, 0.1) is 11.9 Å². The normalized spacial score (nSPS) is 12.4. The number of amides is 1. The zero-order chi connectivity index (χ0) is 14.8. The van der Waals surface area contributed by atoms with Crippen molar-refractivity contribution in [1.82, 2.24) is 9.78 Å². The standard InChI is InChI=1S/C11H16F3N3O2/c1-10(2,3)19-9(18)16(4)8-5-15-17(6-8)7-11(12,13)14/h5-6H,7H2,1-4H3. The third kappa shape index (κ3) is 5.19. The predicted octanol–water partition coefficient (Wildman–Crippen LogP) is 2.82. The second-order valence-electron chi connectivity index (χ2n) is 5.05. The molecular weight excluding hydrogens is 263 g/mol. The summed E-state index contributed by atoms with van der Waals surface area (Å²) in [4.78, 5) is 12.8. The molecule has 108 valence electrons. The van der Waals surface area contributed by atoms with Crippen molar-refractivity contribution in [2.24, 2.45) is 0 Å². The molecule has 0 N–H and O–H groups in total. The van der Waals surface area contributed by atoms with E-state index in [4.69, 9.17) is 4.74 Å². The summed E-state index contributed by atoms with van der Waals surface area (Å²) in [6.07, 6.45) is -2.69. The van der Waals surface area contributed by atoms with Crippen LogP contribution in [0.2, 0.25) is 0 Å². The average molecular weight is 279 g/mol. The van der Waals surface area contributed by atoms with E-state index in [1.807, 2.05) is 0 Å². The lowest BCUT2D eigenvalue weighted by Gasteiger charge is -2.23. The van der Waals surface area contributed by atoms with Gasteiger partial charge in [0.1, 0.15) is 12.1 Å². The van der Waals surface area contributed by atoms with Crippen LogP contribution in [0.25, 0.3) is 0 Å². The van der Waals surface area contributed by atoms with Crippen molar-refractivity contribution in [1.29, 1.82) is 0 Å². The van der Waals surface area contributed by atoms with Crippen molar-refractivity contribution in [3.63, 3.8) is 0 Å². The van der Waals surface area contributed by atoms with Gasteiger partial charge in [-0.3, -0.25) is 9.58 Å². The van der Waals surface area contributed by atoms with Crippen LogP contribution in [0.4, 0.5) is 23.7 Å². The Balaban J connectivity index is 2.73. The number of alkyl halides is 3. The maximum atomic E-state index is 12.2. The number of halogens is 3. The number of carbonyl (C=O) groups excluding carboxylic acids is 1. The highest BCUT2D eigenvalue weighted by Gasteiger charge is 2.29. The quantitative estimate of drug-likeness (QED) is 0.836. The van der Waals surface area contributed by atoms with Gasteiger partial charge >= 0.3 is 12.3 Å². The van der Waals surface area contributed by atoms with E-state index in [2.05, 4.69) is 5.10 Å². The number of rotatable bonds is 2. The first kappa shape index (κ1) is 15.3. The number of carbonyl (C=O) groups is 1. The Hall–Kier alpha value is -1.73. The smallest absolute Gasteiger partial charge is 0.414 e. The molecule has 19 heavy (non-hydrogen) atoms. The molecule has 0 aromatic carbocycles. The summed E-state index contributed by atoms with van der Waals surface area (Å²) in [5, 5.41) is 3.55. The van der Waals surface area contributed by atoms with Gasteiger partial charge in [-0.1, -0.05) is 0 Å². The fourth-order valence-electron chi connectivity index (χ4n) is 1.23. The van der Waals surface area contributed by atoms with Crippen LogP contribution in [0.1, 0.15) is 20.8 Å². The Morgan fingerprint density at radius 2 is 2.00 bits per heavy atom. The van der Waals surface area contributed by atoms with Crippen molar-refractivity contribution in [2.75, 3.05) is 11.9 Å². The van der Waals surface area contributed by atoms with E-state index in [-0.39, 0.29) is 5.69 Å². The molecule has 0 saturated heterocycles. The molecule has 0 saturated carbocycles. The summed E-state index contributed by atoms with van der Waals surface area (Å²) >= 11 is 0. The highest BCUT2D eigenvalue weighted by Crippen LogP contribution is 2.20. The first-order valence-electron chi connectivity index (χ1n) is 5.54. The molecule has 0 unspecified atom stereocenters. The summed E-state index contributed by atoms with van der Waals surface area (Å²) in [6.45, 7) is 3.90. The number of nitrogens with zero attached hydrogens (tertiary/aromatic N) is 3. The van der Waals surface area contributed by atoms with Gasteiger partial charge in [-0.2, -0.15) is 18.3 Å². The van der Waals surface area contributed by atoms with Gasteiger partial charge in [0, 0.05) is 13.2 Å². The number of hydrogen-bond donors (Lipinski definition) is 0. The molecule has 0 spiro atoms. The number of ether oxygens (including phenoxy) is 1. The van der Waals surface area contributed by atoms with Crippen LogP contribution < -0.4 is 4.90 Å². The van der Waals surface area contributed by atoms with Gasteiger partial charge < -0.3 is 4.74 Å². The molecule has 0 radical (unpaired) electrons. The minimum Gasteiger partial charge on any atom is -0.443 e. The highest BCUT2D eigenvalue weighted by atomic mass is 19.4. The van der Waals surface area contributed by atoms with Crippen molar-refractivity contribution in [3.8, 4) is 0 Å². The zero-order valence-corrected chi connectivity index (χ0v) is 11.2. The molecule has 0 aliphatic heterocycles. The van der Waals surface area contributed by atoms with E-state index in [0.717, 1.165) is 15.8 Å². The molecule has 0 fully saturated rings. The van der Waals surface area contributed by atoms with E-state index >= 15 is 0 Å². The van der Waals surface area contributed by atoms with E-state index in [1.54, 1.807) is 20.8 Å². The summed E-state index contributed by atoms with van der Waals surface area (Å²) in [5.74, 6) is 0. The van der Waals surface area contributed by atoms with Crippen molar-refractivity contribution in [3.05, 3.63) is 12.4 Å². The first-order valence-corrected chi connectivity index (χ1v) is 5.54. The number of anilines is 1. The zero-order valence-electron chi connectivity index (χ0n) is 11.2. The van der Waals surface area contributed by atoms with Gasteiger partial charge in [-0.25, -0.2) is 4.79 Å². The van der Waals surface area contributed by atoms with Gasteiger partial charge in [0.25, 0.3) is 0 Å². The van der Waals surface area contributed by atoms with Crippen LogP contribution in [-0.4, -0.2) is 34.7 Å². The van der Waals surface area contributed by atoms with E-state index < -0.39 is 24.4 Å². The Morgan fingerprint density at radius 3 is 2.47 bits per heavy atom. The summed E-state index contributed by atoms with van der Waals surface area (Å²) in [5.41, 5.74) is -0.439. The minimum absolute atomic E-state index is 0.235. The Morgan fingerprint density at radius 1 is 1.42 bits per heavy atom. The van der Waals surface area contributed by atoms with Crippen molar-refractivity contribution in [2.45, 2.75) is 39.1 Å². The third-order valence-corrected chi connectivity index (χ3v) is 2.02. The fourth-order valence-corrected chi connectivity index (χ4v) is 1.23. The lowest BCUT2D eigenvalue weighted by atomic mass is 10.2. The molecule has 0 bridgehead atoms. The first-order chi connectivity index (χ1) is 8.48. The minimum atomic E-state index is -4.35. The molecule has 1 aromatic rings. The Labute approximate surface area is 108 Å². The lowest BCUT2D eigenvalue weighted by Crippen LogP contribution is -2.34. The largest absolute Gasteiger partial charge is 0.443 e. The van der Waals surface area contributed by atoms with Crippen molar-refractivity contribution >= 4 is 11.8 Å². The molecule has 1 heterocycles. The van der Waals surface area contributed by atoms with Crippen LogP contribution in [0.3, 0.4) is 0 Å². The molecule has 0 aliphatic rings. The Kier molecular flexibility index (Phi) is 4.12. The maximum Gasteiger partial charge on any atom is 0.414 e. The molecular formula is C11H16F3N3O2. The van der Waals surface area contributed by atoms with Crippen LogP contribution in [0, 0.1) is 0 Å². The van der Waals surface area contributed by atoms with Crippen molar-refractivity contribution < 1.29 is 22.7 Å². The van der Waals surface area contributed by atoms with E-state index in [9.17, 15) is 18.0 Å². The maximum absolute atomic E-state index is 12.2. The third-order valence-electron chi connectivity index (χ3n) is 2.02. The monoisotopic (exact) mass is 279 g/mol. The molecule has 5 nitrogen and oxygen atoms in total. The second kappa shape index (κ2) is 5.10. The topological polar surface area (TPSA) is 47.4 Å². The van der Waals surface area contributed by atoms with Gasteiger partial charge in [-0.05, 0) is 20.8 Å². The number of hydrogen-bond acceptors (Lipinski definition) is 3. The highest BCUT2D eigenvalue weighted by molar-refractivity contribution is 5.86. The predicted molar refractivity (Wildman–Crippen MR) is 62.9 cm³/mol. The van der Waals surface area contributed by atoms with Gasteiger partial charge in [0.15, 0.2) is 0 Å². The van der Waals surface area contributed by atoms with Gasteiger partial charge in [-0.15, -0.1) is 0 Å². The second-order valence-corrected chi connectivity index (χ2v) is 5.05. The molecule has 0 aliphatic carbocycles. The summed E-state index contributed by atoms with van der Waals surface area (Å²) in [6, 6.07) is 0. The molecule has 0 atom stereocenters. The van der Waals surface area contributed by atoms with E-state index in [0.29, 0.717) is 0 Å². The number of aromatic nitrogens is 2. The average Bonchev–Trinajstić information content (AvgIpc) is 2.59. The lowest BCUT2D eigenvalue weighted by molar-refractivity contribution is -0.142. The van der Waals surface area contributed by atoms with Crippen LogP contribution >= 0.6 is 0 Å². The summed E-state index contributed by atoms with van der Waals surface area (Å²) in [7, 11) is 1.41. The van der Waals surface area contributed by atoms with Crippen LogP contribution in [-0.2, 0) is 11.3 Å². The molecule has 1 rings (SSSR count). The Bertz CT molecular complexity index is 449. The molecule has 8 heteroatoms. The van der Waals surface area contributed by atoms with Gasteiger partial charge in [0.2, 0.25) is 0 Å². The van der Waals surface area contributed by atoms with Crippen LogP contribution in [0.15, 0.2) is 12.4 Å².